The maximum atomic E-state index is 12.4. The minimum absolute atomic E-state index is 0.234. The minimum Gasteiger partial charge on any atom is -0.370 e. The molecule has 0 spiro atoms. The van der Waals surface area contributed by atoms with Gasteiger partial charge in [0.05, 0.1) is 17.5 Å². The Morgan fingerprint density at radius 2 is 1.88 bits per heavy atom. The fourth-order valence-electron chi connectivity index (χ4n) is 1.77. The molecule has 0 aliphatic rings. The van der Waals surface area contributed by atoms with Gasteiger partial charge in [-0.05, 0) is 25.5 Å². The van der Waals surface area contributed by atoms with E-state index in [0.29, 0.717) is 25.3 Å². The molecule has 0 unspecified atom stereocenters. The lowest BCUT2D eigenvalue weighted by Crippen LogP contribution is -2.26. The summed E-state index contributed by atoms with van der Waals surface area (Å²) in [5, 5.41) is 5.57. The third-order valence-corrected chi connectivity index (χ3v) is 3.05. The number of carbonyl (C=O) groups excluding carboxylic acids is 1. The predicted molar refractivity (Wildman–Crippen MR) is 81.4 cm³/mol. The van der Waals surface area contributed by atoms with Crippen molar-refractivity contribution in [1.29, 1.82) is 0 Å². The van der Waals surface area contributed by atoms with Gasteiger partial charge in [0.1, 0.15) is 11.5 Å². The molecule has 9 heteroatoms. The third-order valence-electron chi connectivity index (χ3n) is 3.05. The maximum absolute atomic E-state index is 12.4. The molecule has 6 nitrogen and oxygen atoms in total. The molecule has 0 radical (unpaired) electrons. The van der Waals surface area contributed by atoms with E-state index in [2.05, 4.69) is 25.6 Å². The first-order valence-electron chi connectivity index (χ1n) is 7.20. The van der Waals surface area contributed by atoms with Gasteiger partial charge in [-0.1, -0.05) is 0 Å². The molecular formula is C15H16F3N5O. The van der Waals surface area contributed by atoms with Gasteiger partial charge >= 0.3 is 6.18 Å². The van der Waals surface area contributed by atoms with Gasteiger partial charge < -0.3 is 10.6 Å². The van der Waals surface area contributed by atoms with Crippen LogP contribution in [0.2, 0.25) is 0 Å². The van der Waals surface area contributed by atoms with E-state index >= 15 is 0 Å². The lowest BCUT2D eigenvalue weighted by Gasteiger charge is -2.09. The van der Waals surface area contributed by atoms with Crippen molar-refractivity contribution >= 4 is 11.7 Å². The van der Waals surface area contributed by atoms with Crippen LogP contribution >= 0.6 is 0 Å². The predicted octanol–water partition coefficient (Wildman–Crippen LogP) is 2.43. The van der Waals surface area contributed by atoms with Crippen molar-refractivity contribution in [2.75, 3.05) is 18.4 Å². The number of anilines is 1. The van der Waals surface area contributed by atoms with Crippen LogP contribution in [-0.4, -0.2) is 33.9 Å². The quantitative estimate of drug-likeness (QED) is 0.790. The Labute approximate surface area is 136 Å². The number of nitrogens with one attached hydrogen (secondary N) is 2. The van der Waals surface area contributed by atoms with Crippen LogP contribution in [0.4, 0.5) is 19.0 Å². The normalized spacial score (nSPS) is 11.2. The van der Waals surface area contributed by atoms with Gasteiger partial charge in [-0.25, -0.2) is 9.97 Å². The van der Waals surface area contributed by atoms with Crippen LogP contribution in [0.1, 0.15) is 28.2 Å². The number of alkyl halides is 3. The fourth-order valence-corrected chi connectivity index (χ4v) is 1.77. The second-order valence-corrected chi connectivity index (χ2v) is 5.01. The monoisotopic (exact) mass is 339 g/mol. The molecule has 2 heterocycles. The van der Waals surface area contributed by atoms with Crippen LogP contribution in [0.3, 0.4) is 0 Å². The largest absolute Gasteiger partial charge is 0.417 e. The summed E-state index contributed by atoms with van der Waals surface area (Å²) in [6.07, 6.45) is -0.135. The summed E-state index contributed by atoms with van der Waals surface area (Å²) in [5.74, 6) is 0.0221. The first-order chi connectivity index (χ1) is 11.4. The maximum Gasteiger partial charge on any atom is 0.417 e. The highest BCUT2D eigenvalue weighted by Gasteiger charge is 2.30. The van der Waals surface area contributed by atoms with Gasteiger partial charge in [0, 0.05) is 25.5 Å². The first kappa shape index (κ1) is 17.6. The number of carbonyl (C=O) groups is 1. The van der Waals surface area contributed by atoms with Crippen molar-refractivity contribution in [3.63, 3.8) is 0 Å². The van der Waals surface area contributed by atoms with Crippen molar-refractivity contribution in [1.82, 2.24) is 20.3 Å². The standard InChI is InChI=1S/C15H16F3N5O/c1-10-7-22-12(9-21-10)14(24)20-6-2-5-19-13-4-3-11(8-23-13)15(16,17)18/h3-4,7-9H,2,5-6H2,1H3,(H,19,23)(H,20,24). The van der Waals surface area contributed by atoms with Gasteiger partial charge in [-0.2, -0.15) is 13.2 Å². The second kappa shape index (κ2) is 7.71. The summed E-state index contributed by atoms with van der Waals surface area (Å²) < 4.78 is 37.2. The lowest BCUT2D eigenvalue weighted by atomic mass is 10.3. The highest BCUT2D eigenvalue weighted by molar-refractivity contribution is 5.91. The zero-order valence-electron chi connectivity index (χ0n) is 12.9. The van der Waals surface area contributed by atoms with E-state index in [1.165, 1.54) is 18.5 Å². The molecule has 24 heavy (non-hydrogen) atoms. The van der Waals surface area contributed by atoms with Crippen molar-refractivity contribution in [2.24, 2.45) is 0 Å². The van der Waals surface area contributed by atoms with Gasteiger partial charge in [0.2, 0.25) is 0 Å². The molecule has 2 N–H and O–H groups in total. The Balaban J connectivity index is 1.69. The van der Waals surface area contributed by atoms with Crippen molar-refractivity contribution in [2.45, 2.75) is 19.5 Å². The van der Waals surface area contributed by atoms with Gasteiger partial charge in [-0.15, -0.1) is 0 Å². The third kappa shape index (κ3) is 5.18. The number of hydrogen-bond donors (Lipinski definition) is 2. The highest BCUT2D eigenvalue weighted by Crippen LogP contribution is 2.28. The topological polar surface area (TPSA) is 79.8 Å². The summed E-state index contributed by atoms with van der Waals surface area (Å²) in [6, 6.07) is 2.23. The van der Waals surface area contributed by atoms with E-state index in [1.54, 1.807) is 6.92 Å². The Morgan fingerprint density at radius 3 is 2.46 bits per heavy atom. The van der Waals surface area contributed by atoms with E-state index in [9.17, 15) is 18.0 Å². The Hall–Kier alpha value is -2.71. The fraction of sp³-hybridized carbons (Fsp3) is 0.333. The molecule has 0 atom stereocenters. The summed E-state index contributed by atoms with van der Waals surface area (Å²) in [4.78, 5) is 23.4. The first-order valence-corrected chi connectivity index (χ1v) is 7.20. The number of aromatic nitrogens is 3. The van der Waals surface area contributed by atoms with Crippen LogP contribution in [0.15, 0.2) is 30.7 Å². The SMILES string of the molecule is Cc1cnc(C(=O)NCCCNc2ccc(C(F)(F)F)cn2)cn1. The van der Waals surface area contributed by atoms with Crippen molar-refractivity contribution in [3.05, 3.63) is 47.7 Å². The number of hydrogen-bond acceptors (Lipinski definition) is 5. The number of halogens is 3. The smallest absolute Gasteiger partial charge is 0.370 e. The van der Waals surface area contributed by atoms with E-state index < -0.39 is 11.7 Å². The van der Waals surface area contributed by atoms with Crippen LogP contribution in [0.5, 0.6) is 0 Å². The molecule has 0 aromatic carbocycles. The van der Waals surface area contributed by atoms with E-state index in [1.807, 2.05) is 0 Å². The number of aryl methyl sites for hydroxylation is 1. The Morgan fingerprint density at radius 1 is 1.08 bits per heavy atom. The summed E-state index contributed by atoms with van der Waals surface area (Å²) in [5.41, 5.74) is 0.164. The molecule has 0 saturated heterocycles. The van der Waals surface area contributed by atoms with Gasteiger partial charge in [-0.3, -0.25) is 9.78 Å². The number of amides is 1. The summed E-state index contributed by atoms with van der Waals surface area (Å²) >= 11 is 0. The molecule has 128 valence electrons. The molecule has 2 rings (SSSR count). The molecule has 0 saturated carbocycles. The average molecular weight is 339 g/mol. The van der Waals surface area contributed by atoms with E-state index in [4.69, 9.17) is 0 Å². The van der Waals surface area contributed by atoms with Crippen LogP contribution in [0.25, 0.3) is 0 Å². The minimum atomic E-state index is -4.39. The number of nitrogens with zero attached hydrogens (tertiary/aromatic N) is 3. The van der Waals surface area contributed by atoms with Crippen molar-refractivity contribution in [3.8, 4) is 0 Å². The average Bonchev–Trinajstić information content (AvgIpc) is 2.54. The Kier molecular flexibility index (Phi) is 5.67. The number of pyridine rings is 1. The van der Waals surface area contributed by atoms with Gasteiger partial charge in [0.25, 0.3) is 5.91 Å². The van der Waals surface area contributed by atoms with Crippen LogP contribution in [-0.2, 0) is 6.18 Å². The zero-order chi connectivity index (χ0) is 17.6. The van der Waals surface area contributed by atoms with Gasteiger partial charge in [0.15, 0.2) is 0 Å². The molecule has 1 amide bonds. The molecular weight excluding hydrogens is 323 g/mol. The molecule has 2 aromatic heterocycles. The van der Waals surface area contributed by atoms with Crippen LogP contribution < -0.4 is 10.6 Å². The second-order valence-electron chi connectivity index (χ2n) is 5.01. The molecule has 0 aliphatic carbocycles. The summed E-state index contributed by atoms with van der Waals surface area (Å²) in [7, 11) is 0. The van der Waals surface area contributed by atoms with E-state index in [0.717, 1.165) is 18.0 Å². The zero-order valence-corrected chi connectivity index (χ0v) is 12.9. The summed E-state index contributed by atoms with van der Waals surface area (Å²) in [6.45, 7) is 2.62. The van der Waals surface area contributed by atoms with Crippen molar-refractivity contribution < 1.29 is 18.0 Å². The molecule has 0 fully saturated rings. The number of rotatable bonds is 6. The highest BCUT2D eigenvalue weighted by atomic mass is 19.4. The molecule has 0 bridgehead atoms. The lowest BCUT2D eigenvalue weighted by molar-refractivity contribution is -0.137. The Bertz CT molecular complexity index is 671. The van der Waals surface area contributed by atoms with Crippen LogP contribution in [0, 0.1) is 6.92 Å². The van der Waals surface area contributed by atoms with E-state index in [-0.39, 0.29) is 11.6 Å². The molecule has 2 aromatic rings. The molecule has 0 aliphatic heterocycles.